The van der Waals surface area contributed by atoms with Gasteiger partial charge >= 0.3 is 0 Å². The summed E-state index contributed by atoms with van der Waals surface area (Å²) in [6.45, 7) is 0. The zero-order valence-electron chi connectivity index (χ0n) is 10.2. The SMILES string of the molecule is O=[N+]([O-])c1cc([C@@H](O)c2ccccc2)cc([N+](=O)[O-])c1. The molecule has 102 valence electrons. The van der Waals surface area contributed by atoms with Crippen LogP contribution in [-0.2, 0) is 0 Å². The highest BCUT2D eigenvalue weighted by atomic mass is 16.6. The number of hydrogen-bond donors (Lipinski definition) is 1. The lowest BCUT2D eigenvalue weighted by Crippen LogP contribution is -2.02. The van der Waals surface area contributed by atoms with Crippen molar-refractivity contribution in [2.45, 2.75) is 6.10 Å². The van der Waals surface area contributed by atoms with Gasteiger partial charge in [-0.3, -0.25) is 20.2 Å². The van der Waals surface area contributed by atoms with Crippen LogP contribution >= 0.6 is 0 Å². The number of nitro benzene ring substituents is 2. The molecule has 7 heteroatoms. The first kappa shape index (κ1) is 13.6. The molecule has 0 bridgehead atoms. The Morgan fingerprint density at radius 2 is 1.35 bits per heavy atom. The van der Waals surface area contributed by atoms with Crippen molar-refractivity contribution in [3.63, 3.8) is 0 Å². The molecule has 0 saturated carbocycles. The molecule has 0 unspecified atom stereocenters. The Balaban J connectivity index is 2.50. The molecular formula is C13H10N2O5. The number of nitrogens with zero attached hydrogens (tertiary/aromatic N) is 2. The molecule has 0 spiro atoms. The fourth-order valence-electron chi connectivity index (χ4n) is 1.81. The Labute approximate surface area is 113 Å². The molecule has 20 heavy (non-hydrogen) atoms. The van der Waals surface area contributed by atoms with E-state index in [0.717, 1.165) is 18.2 Å². The molecule has 2 aromatic carbocycles. The molecule has 0 heterocycles. The fraction of sp³-hybridized carbons (Fsp3) is 0.0769. The summed E-state index contributed by atoms with van der Waals surface area (Å²) >= 11 is 0. The van der Waals surface area contributed by atoms with Gasteiger partial charge in [-0.05, 0) is 11.1 Å². The summed E-state index contributed by atoms with van der Waals surface area (Å²) in [6.07, 6.45) is -1.16. The average molecular weight is 274 g/mol. The van der Waals surface area contributed by atoms with E-state index < -0.39 is 27.3 Å². The molecule has 0 amide bonds. The Bertz CT molecular complexity index is 625. The van der Waals surface area contributed by atoms with Crippen LogP contribution in [0.3, 0.4) is 0 Å². The number of nitro groups is 2. The quantitative estimate of drug-likeness (QED) is 0.681. The lowest BCUT2D eigenvalue weighted by Gasteiger charge is -2.11. The maximum absolute atomic E-state index is 10.8. The van der Waals surface area contributed by atoms with Crippen molar-refractivity contribution in [3.05, 3.63) is 79.9 Å². The predicted octanol–water partition coefficient (Wildman–Crippen LogP) is 2.58. The Morgan fingerprint density at radius 3 is 1.80 bits per heavy atom. The molecule has 0 aliphatic carbocycles. The molecule has 1 atom stereocenters. The molecule has 7 nitrogen and oxygen atoms in total. The lowest BCUT2D eigenvalue weighted by molar-refractivity contribution is -0.394. The van der Waals surface area contributed by atoms with Gasteiger partial charge in [-0.15, -0.1) is 0 Å². The Kier molecular flexibility index (Phi) is 3.72. The van der Waals surface area contributed by atoms with E-state index in [-0.39, 0.29) is 5.56 Å². The third-order valence-corrected chi connectivity index (χ3v) is 2.78. The normalized spacial score (nSPS) is 11.8. The number of aliphatic hydroxyl groups excluding tert-OH is 1. The van der Waals surface area contributed by atoms with Crippen LogP contribution < -0.4 is 0 Å². The number of hydrogen-bond acceptors (Lipinski definition) is 5. The van der Waals surface area contributed by atoms with Gasteiger partial charge in [0.05, 0.1) is 15.9 Å². The van der Waals surface area contributed by atoms with E-state index in [2.05, 4.69) is 0 Å². The minimum Gasteiger partial charge on any atom is -0.384 e. The molecule has 2 aromatic rings. The fourth-order valence-corrected chi connectivity index (χ4v) is 1.81. The molecule has 0 fully saturated rings. The predicted molar refractivity (Wildman–Crippen MR) is 70.3 cm³/mol. The maximum Gasteiger partial charge on any atom is 0.276 e. The van der Waals surface area contributed by atoms with Crippen molar-refractivity contribution < 1.29 is 15.0 Å². The van der Waals surface area contributed by atoms with E-state index in [4.69, 9.17) is 0 Å². The monoisotopic (exact) mass is 274 g/mol. The van der Waals surface area contributed by atoms with Crippen LogP contribution in [0.1, 0.15) is 17.2 Å². The van der Waals surface area contributed by atoms with Gasteiger partial charge in [0.15, 0.2) is 0 Å². The second-order valence-electron chi connectivity index (χ2n) is 4.11. The van der Waals surface area contributed by atoms with Gasteiger partial charge in [0.1, 0.15) is 6.10 Å². The zero-order valence-corrected chi connectivity index (χ0v) is 10.2. The lowest BCUT2D eigenvalue weighted by atomic mass is 10.0. The first-order valence-electron chi connectivity index (χ1n) is 5.66. The third-order valence-electron chi connectivity index (χ3n) is 2.78. The molecule has 0 saturated heterocycles. The summed E-state index contributed by atoms with van der Waals surface area (Å²) in [7, 11) is 0. The van der Waals surface area contributed by atoms with Crippen molar-refractivity contribution in [1.29, 1.82) is 0 Å². The third kappa shape index (κ3) is 2.78. The smallest absolute Gasteiger partial charge is 0.276 e. The zero-order chi connectivity index (χ0) is 14.7. The molecule has 0 aromatic heterocycles. The molecule has 0 radical (unpaired) electrons. The van der Waals surface area contributed by atoms with E-state index in [0.29, 0.717) is 5.56 Å². The highest BCUT2D eigenvalue weighted by Crippen LogP contribution is 2.29. The number of non-ortho nitro benzene ring substituents is 2. The van der Waals surface area contributed by atoms with Crippen LogP contribution in [0.5, 0.6) is 0 Å². The minimum atomic E-state index is -1.16. The van der Waals surface area contributed by atoms with Crippen LogP contribution in [0.15, 0.2) is 48.5 Å². The highest BCUT2D eigenvalue weighted by molar-refractivity contribution is 5.48. The largest absolute Gasteiger partial charge is 0.384 e. The summed E-state index contributed by atoms with van der Waals surface area (Å²) in [5.74, 6) is 0. The van der Waals surface area contributed by atoms with Crippen molar-refractivity contribution >= 4 is 11.4 Å². The molecule has 1 N–H and O–H groups in total. The van der Waals surface area contributed by atoms with E-state index in [1.165, 1.54) is 0 Å². The van der Waals surface area contributed by atoms with Crippen LogP contribution in [0.2, 0.25) is 0 Å². The summed E-state index contributed by atoms with van der Waals surface area (Å²) in [4.78, 5) is 20.1. The van der Waals surface area contributed by atoms with Gasteiger partial charge in [0, 0.05) is 12.1 Å². The first-order chi connectivity index (χ1) is 9.49. The standard InChI is InChI=1S/C13H10N2O5/c16-13(9-4-2-1-3-5-9)10-6-11(14(17)18)8-12(7-10)15(19)20/h1-8,13,16H/t13-/m0/s1. The molecule has 2 rings (SSSR count). The first-order valence-corrected chi connectivity index (χ1v) is 5.66. The van der Waals surface area contributed by atoms with E-state index in [1.54, 1.807) is 30.3 Å². The Hall–Kier alpha value is -2.80. The number of rotatable bonds is 4. The number of aliphatic hydroxyl groups is 1. The van der Waals surface area contributed by atoms with E-state index in [9.17, 15) is 25.3 Å². The Morgan fingerprint density at radius 1 is 0.850 bits per heavy atom. The van der Waals surface area contributed by atoms with Crippen LogP contribution in [0.4, 0.5) is 11.4 Å². The van der Waals surface area contributed by atoms with Gasteiger partial charge < -0.3 is 5.11 Å². The second-order valence-corrected chi connectivity index (χ2v) is 4.11. The van der Waals surface area contributed by atoms with Crippen molar-refractivity contribution in [3.8, 4) is 0 Å². The van der Waals surface area contributed by atoms with Crippen molar-refractivity contribution in [1.82, 2.24) is 0 Å². The second kappa shape index (κ2) is 5.45. The molecule has 0 aliphatic rings. The van der Waals surface area contributed by atoms with Gasteiger partial charge in [-0.2, -0.15) is 0 Å². The topological polar surface area (TPSA) is 107 Å². The summed E-state index contributed by atoms with van der Waals surface area (Å²) in [5.41, 5.74) is -0.243. The molecule has 0 aliphatic heterocycles. The summed E-state index contributed by atoms with van der Waals surface area (Å²) in [6, 6.07) is 11.5. The maximum atomic E-state index is 10.8. The van der Waals surface area contributed by atoms with Gasteiger partial charge in [0.2, 0.25) is 0 Å². The van der Waals surface area contributed by atoms with Crippen LogP contribution in [-0.4, -0.2) is 15.0 Å². The van der Waals surface area contributed by atoms with Gasteiger partial charge in [-0.25, -0.2) is 0 Å². The number of benzene rings is 2. The summed E-state index contributed by atoms with van der Waals surface area (Å²) in [5, 5.41) is 31.7. The van der Waals surface area contributed by atoms with Crippen LogP contribution in [0.25, 0.3) is 0 Å². The molecular weight excluding hydrogens is 264 g/mol. The van der Waals surface area contributed by atoms with Crippen molar-refractivity contribution in [2.24, 2.45) is 0 Å². The highest BCUT2D eigenvalue weighted by Gasteiger charge is 2.20. The van der Waals surface area contributed by atoms with E-state index in [1.807, 2.05) is 0 Å². The van der Waals surface area contributed by atoms with Gasteiger partial charge in [0.25, 0.3) is 11.4 Å². The summed E-state index contributed by atoms with van der Waals surface area (Å²) < 4.78 is 0. The van der Waals surface area contributed by atoms with E-state index >= 15 is 0 Å². The average Bonchev–Trinajstić information content (AvgIpc) is 2.46. The van der Waals surface area contributed by atoms with Crippen LogP contribution in [0, 0.1) is 20.2 Å². The minimum absolute atomic E-state index is 0.108. The van der Waals surface area contributed by atoms with Gasteiger partial charge in [-0.1, -0.05) is 30.3 Å². The van der Waals surface area contributed by atoms with Crippen molar-refractivity contribution in [2.75, 3.05) is 0 Å².